The Morgan fingerprint density at radius 1 is 1.17 bits per heavy atom. The molecular weight excluding hydrogens is 304 g/mol. The summed E-state index contributed by atoms with van der Waals surface area (Å²) >= 11 is 1.71. The molecule has 1 unspecified atom stereocenters. The van der Waals surface area contributed by atoms with E-state index in [2.05, 4.69) is 24.0 Å². The Morgan fingerprint density at radius 3 is 2.57 bits per heavy atom. The quantitative estimate of drug-likeness (QED) is 0.772. The van der Waals surface area contributed by atoms with E-state index in [0.717, 1.165) is 11.4 Å². The van der Waals surface area contributed by atoms with Crippen molar-refractivity contribution in [1.29, 1.82) is 0 Å². The Hall–Kier alpha value is -1.81. The van der Waals surface area contributed by atoms with Gasteiger partial charge in [-0.2, -0.15) is 11.8 Å². The first kappa shape index (κ1) is 17.5. The van der Waals surface area contributed by atoms with Crippen molar-refractivity contribution < 1.29 is 4.79 Å². The molecular formula is C19H24N2OS. The van der Waals surface area contributed by atoms with Crippen molar-refractivity contribution in [3.63, 3.8) is 0 Å². The van der Waals surface area contributed by atoms with Gasteiger partial charge < -0.3 is 4.90 Å². The van der Waals surface area contributed by atoms with Crippen LogP contribution in [0.1, 0.15) is 23.7 Å². The first-order valence-electron chi connectivity index (χ1n) is 7.84. The zero-order valence-electron chi connectivity index (χ0n) is 14.0. The average Bonchev–Trinajstić information content (AvgIpc) is 2.56. The third-order valence-corrected chi connectivity index (χ3v) is 4.68. The van der Waals surface area contributed by atoms with Gasteiger partial charge in [0.2, 0.25) is 5.91 Å². The lowest BCUT2D eigenvalue weighted by molar-refractivity contribution is -0.135. The largest absolute Gasteiger partial charge is 0.332 e. The van der Waals surface area contributed by atoms with Gasteiger partial charge >= 0.3 is 0 Å². The number of carbonyl (C=O) groups excluding carboxylic acids is 1. The molecule has 2 aromatic rings. The van der Waals surface area contributed by atoms with Gasteiger partial charge in [-0.25, -0.2) is 0 Å². The van der Waals surface area contributed by atoms with Crippen molar-refractivity contribution in [3.05, 3.63) is 65.5 Å². The van der Waals surface area contributed by atoms with Crippen LogP contribution in [0.4, 0.5) is 0 Å². The van der Waals surface area contributed by atoms with E-state index in [4.69, 9.17) is 0 Å². The fourth-order valence-electron chi connectivity index (χ4n) is 2.53. The Morgan fingerprint density at radius 2 is 1.91 bits per heavy atom. The van der Waals surface area contributed by atoms with Crippen LogP contribution in [0.5, 0.6) is 0 Å². The van der Waals surface area contributed by atoms with E-state index in [-0.39, 0.29) is 11.8 Å². The molecule has 4 heteroatoms. The highest BCUT2D eigenvalue weighted by atomic mass is 32.2. The molecule has 0 saturated carbocycles. The maximum Gasteiger partial charge on any atom is 0.226 e. The monoisotopic (exact) mass is 328 g/mol. The predicted molar refractivity (Wildman–Crippen MR) is 97.2 cm³/mol. The molecule has 0 aliphatic rings. The van der Waals surface area contributed by atoms with E-state index in [0.29, 0.717) is 13.1 Å². The highest BCUT2D eigenvalue weighted by Gasteiger charge is 2.21. The molecule has 0 radical (unpaired) electrons. The molecule has 0 aliphatic carbocycles. The zero-order chi connectivity index (χ0) is 16.7. The number of aromatic nitrogens is 1. The van der Waals surface area contributed by atoms with Gasteiger partial charge in [-0.3, -0.25) is 9.78 Å². The molecule has 23 heavy (non-hydrogen) atoms. The molecule has 0 N–H and O–H groups in total. The van der Waals surface area contributed by atoms with Crippen LogP contribution in [-0.4, -0.2) is 27.8 Å². The lowest BCUT2D eigenvalue weighted by Crippen LogP contribution is -2.35. The van der Waals surface area contributed by atoms with Crippen LogP contribution < -0.4 is 0 Å². The molecule has 1 amide bonds. The van der Waals surface area contributed by atoms with Crippen LogP contribution in [0.15, 0.2) is 48.7 Å². The van der Waals surface area contributed by atoms with Crippen molar-refractivity contribution in [2.75, 3.05) is 12.0 Å². The molecule has 1 aromatic carbocycles. The Balaban J connectivity index is 2.20. The van der Waals surface area contributed by atoms with E-state index >= 15 is 0 Å². The predicted octanol–water partition coefficient (Wildman–Crippen LogP) is 3.92. The SMILES string of the molecule is CSCC(C)C(=O)N(Cc1ccccn1)Cc1ccccc1C. The topological polar surface area (TPSA) is 33.2 Å². The van der Waals surface area contributed by atoms with Crippen LogP contribution in [0, 0.1) is 12.8 Å². The van der Waals surface area contributed by atoms with Gasteiger partial charge in [-0.05, 0) is 36.4 Å². The Labute approximate surface area is 143 Å². The summed E-state index contributed by atoms with van der Waals surface area (Å²) < 4.78 is 0. The second-order valence-corrected chi connectivity index (χ2v) is 6.71. The molecule has 1 atom stereocenters. The van der Waals surface area contributed by atoms with Crippen molar-refractivity contribution in [1.82, 2.24) is 9.88 Å². The van der Waals surface area contributed by atoms with Crippen LogP contribution in [0.3, 0.4) is 0 Å². The smallest absolute Gasteiger partial charge is 0.226 e. The molecule has 0 bridgehead atoms. The van der Waals surface area contributed by atoms with E-state index in [9.17, 15) is 4.79 Å². The van der Waals surface area contributed by atoms with Crippen LogP contribution >= 0.6 is 11.8 Å². The number of pyridine rings is 1. The van der Waals surface area contributed by atoms with E-state index in [1.165, 1.54) is 11.1 Å². The van der Waals surface area contributed by atoms with Gasteiger partial charge in [0.1, 0.15) is 0 Å². The standard InChI is InChI=1S/C19H24N2OS/c1-15-8-4-5-9-17(15)12-21(19(22)16(2)14-23-3)13-18-10-6-7-11-20-18/h4-11,16H,12-14H2,1-3H3. The van der Waals surface area contributed by atoms with Gasteiger partial charge in [-0.15, -0.1) is 0 Å². The maximum absolute atomic E-state index is 12.8. The number of nitrogens with zero attached hydrogens (tertiary/aromatic N) is 2. The lowest BCUT2D eigenvalue weighted by atomic mass is 10.1. The molecule has 2 rings (SSSR count). The van der Waals surface area contributed by atoms with E-state index in [1.807, 2.05) is 48.4 Å². The van der Waals surface area contributed by atoms with Crippen LogP contribution in [0.25, 0.3) is 0 Å². The molecule has 1 aromatic heterocycles. The molecule has 0 fully saturated rings. The summed E-state index contributed by atoms with van der Waals surface area (Å²) in [6.07, 6.45) is 3.81. The number of amides is 1. The summed E-state index contributed by atoms with van der Waals surface area (Å²) in [7, 11) is 0. The number of thioether (sulfide) groups is 1. The molecule has 0 saturated heterocycles. The number of aryl methyl sites for hydroxylation is 1. The van der Waals surface area contributed by atoms with Gasteiger partial charge in [-0.1, -0.05) is 37.3 Å². The number of hydrogen-bond acceptors (Lipinski definition) is 3. The highest BCUT2D eigenvalue weighted by molar-refractivity contribution is 7.98. The highest BCUT2D eigenvalue weighted by Crippen LogP contribution is 2.17. The third-order valence-electron chi connectivity index (χ3n) is 3.85. The number of carbonyl (C=O) groups is 1. The van der Waals surface area contributed by atoms with Crippen LogP contribution in [-0.2, 0) is 17.9 Å². The zero-order valence-corrected chi connectivity index (χ0v) is 14.8. The van der Waals surface area contributed by atoms with Gasteiger partial charge in [0, 0.05) is 24.4 Å². The van der Waals surface area contributed by atoms with E-state index < -0.39 is 0 Å². The third kappa shape index (κ3) is 5.10. The van der Waals surface area contributed by atoms with Crippen LogP contribution in [0.2, 0.25) is 0 Å². The number of benzene rings is 1. The summed E-state index contributed by atoms with van der Waals surface area (Å²) in [5.41, 5.74) is 3.32. The van der Waals surface area contributed by atoms with Crippen molar-refractivity contribution in [2.24, 2.45) is 5.92 Å². The summed E-state index contributed by atoms with van der Waals surface area (Å²) in [5, 5.41) is 0. The second-order valence-electron chi connectivity index (χ2n) is 5.80. The summed E-state index contributed by atoms with van der Waals surface area (Å²) in [4.78, 5) is 19.1. The Kier molecular flexibility index (Phi) is 6.66. The summed E-state index contributed by atoms with van der Waals surface area (Å²) in [5.74, 6) is 1.04. The van der Waals surface area contributed by atoms with Gasteiger partial charge in [0.15, 0.2) is 0 Å². The Bertz CT molecular complexity index is 630. The number of hydrogen-bond donors (Lipinski definition) is 0. The first-order valence-corrected chi connectivity index (χ1v) is 9.23. The average molecular weight is 328 g/mol. The van der Waals surface area contributed by atoms with Gasteiger partial charge in [0.25, 0.3) is 0 Å². The molecule has 0 spiro atoms. The minimum absolute atomic E-state index is 0.0118. The van der Waals surface area contributed by atoms with Gasteiger partial charge in [0.05, 0.1) is 12.2 Å². The minimum Gasteiger partial charge on any atom is -0.332 e. The fourth-order valence-corrected chi connectivity index (χ4v) is 3.17. The second kappa shape index (κ2) is 8.73. The maximum atomic E-state index is 12.8. The van der Waals surface area contributed by atoms with Crippen molar-refractivity contribution in [3.8, 4) is 0 Å². The molecule has 3 nitrogen and oxygen atoms in total. The van der Waals surface area contributed by atoms with Crippen molar-refractivity contribution >= 4 is 17.7 Å². The first-order chi connectivity index (χ1) is 11.1. The molecule has 122 valence electrons. The van der Waals surface area contributed by atoms with E-state index in [1.54, 1.807) is 18.0 Å². The minimum atomic E-state index is 0.0118. The summed E-state index contributed by atoms with van der Waals surface area (Å²) in [6, 6.07) is 14.1. The fraction of sp³-hybridized carbons (Fsp3) is 0.368. The summed E-state index contributed by atoms with van der Waals surface area (Å²) in [6.45, 7) is 5.26. The lowest BCUT2D eigenvalue weighted by Gasteiger charge is -2.26. The molecule has 0 aliphatic heterocycles. The van der Waals surface area contributed by atoms with Crippen molar-refractivity contribution in [2.45, 2.75) is 26.9 Å². The molecule has 1 heterocycles. The number of rotatable bonds is 7. The normalized spacial score (nSPS) is 12.0.